The lowest BCUT2D eigenvalue weighted by molar-refractivity contribution is 0.0955. The van der Waals surface area contributed by atoms with Gasteiger partial charge in [-0.1, -0.05) is 24.3 Å². The van der Waals surface area contributed by atoms with Gasteiger partial charge in [0.05, 0.1) is 0 Å². The van der Waals surface area contributed by atoms with Crippen molar-refractivity contribution in [1.82, 2.24) is 5.32 Å². The van der Waals surface area contributed by atoms with Gasteiger partial charge in [0, 0.05) is 42.7 Å². The normalized spacial score (nSPS) is 19.4. The van der Waals surface area contributed by atoms with E-state index in [1.165, 1.54) is 12.1 Å². The molecule has 0 saturated heterocycles. The summed E-state index contributed by atoms with van der Waals surface area (Å²) in [7, 11) is 0. The Labute approximate surface area is 187 Å². The second kappa shape index (κ2) is 8.38. The molecule has 5 heteroatoms. The Morgan fingerprint density at radius 2 is 1.44 bits per heavy atom. The number of carbonyl (C=O) groups excluding carboxylic acids is 1. The molecule has 0 fully saturated rings. The molecule has 164 valence electrons. The minimum atomic E-state index is -0.253. The van der Waals surface area contributed by atoms with E-state index in [1.807, 2.05) is 31.2 Å². The predicted molar refractivity (Wildman–Crippen MR) is 122 cm³/mol. The van der Waals surface area contributed by atoms with Crippen molar-refractivity contribution in [2.24, 2.45) is 0 Å². The van der Waals surface area contributed by atoms with E-state index in [0.29, 0.717) is 12.1 Å². The van der Waals surface area contributed by atoms with Crippen LogP contribution in [-0.2, 0) is 0 Å². The molecule has 3 aromatic carbocycles. The fourth-order valence-corrected chi connectivity index (χ4v) is 5.33. The first-order valence-electron chi connectivity index (χ1n) is 11.3. The van der Waals surface area contributed by atoms with Gasteiger partial charge >= 0.3 is 0 Å². The molecular weight excluding hydrogens is 406 g/mol. The summed E-state index contributed by atoms with van der Waals surface area (Å²) in [5.74, 6) is -0.606. The van der Waals surface area contributed by atoms with Crippen molar-refractivity contribution in [3.05, 3.63) is 100 Å². The summed E-state index contributed by atoms with van der Waals surface area (Å²) in [4.78, 5) is 15.2. The highest BCUT2D eigenvalue weighted by molar-refractivity contribution is 5.96. The lowest BCUT2D eigenvalue weighted by atomic mass is 9.75. The van der Waals surface area contributed by atoms with E-state index >= 15 is 0 Å². The Morgan fingerprint density at radius 1 is 0.906 bits per heavy atom. The first-order chi connectivity index (χ1) is 15.5. The highest BCUT2D eigenvalue weighted by atomic mass is 19.1. The molecule has 0 radical (unpaired) electrons. The summed E-state index contributed by atoms with van der Waals surface area (Å²) < 4.78 is 28.1. The first kappa shape index (κ1) is 20.7. The number of halogens is 2. The molecule has 2 heterocycles. The van der Waals surface area contributed by atoms with E-state index in [0.717, 1.165) is 53.9 Å². The summed E-state index contributed by atoms with van der Waals surface area (Å²) in [5, 5.41) is 2.90. The van der Waals surface area contributed by atoms with Crippen molar-refractivity contribution in [1.29, 1.82) is 0 Å². The Hall–Kier alpha value is -3.21. The molecule has 1 N–H and O–H groups in total. The number of hydrogen-bond donors (Lipinski definition) is 1. The van der Waals surface area contributed by atoms with Crippen LogP contribution < -0.4 is 10.2 Å². The molecule has 32 heavy (non-hydrogen) atoms. The van der Waals surface area contributed by atoms with E-state index in [2.05, 4.69) is 10.2 Å². The van der Waals surface area contributed by atoms with Crippen LogP contribution in [0.2, 0.25) is 0 Å². The zero-order valence-electron chi connectivity index (χ0n) is 18.1. The van der Waals surface area contributed by atoms with Crippen LogP contribution in [0.4, 0.5) is 14.5 Å². The number of anilines is 1. The summed E-state index contributed by atoms with van der Waals surface area (Å²) in [6.45, 7) is 4.18. The maximum absolute atomic E-state index is 14.1. The maximum atomic E-state index is 14.1. The van der Waals surface area contributed by atoms with E-state index in [1.54, 1.807) is 24.3 Å². The molecule has 2 atom stereocenters. The third kappa shape index (κ3) is 3.66. The number of benzene rings is 3. The van der Waals surface area contributed by atoms with Crippen LogP contribution >= 0.6 is 0 Å². The lowest BCUT2D eigenvalue weighted by Gasteiger charge is -2.43. The fraction of sp³-hybridized carbons (Fsp3) is 0.296. The summed E-state index contributed by atoms with van der Waals surface area (Å²) in [6, 6.07) is 17.5. The zero-order valence-corrected chi connectivity index (χ0v) is 18.1. The van der Waals surface area contributed by atoms with Crippen LogP contribution in [0.15, 0.2) is 60.7 Å². The largest absolute Gasteiger partial charge is 0.371 e. The molecule has 5 rings (SSSR count). The number of hydrogen-bond acceptors (Lipinski definition) is 2. The van der Waals surface area contributed by atoms with Gasteiger partial charge in [-0.2, -0.15) is 0 Å². The molecule has 0 spiro atoms. The molecular formula is C27H26F2N2O. The number of rotatable bonds is 4. The Bertz CT molecular complexity index is 1100. The van der Waals surface area contributed by atoms with Gasteiger partial charge in [-0.3, -0.25) is 4.79 Å². The lowest BCUT2D eigenvalue weighted by Crippen LogP contribution is -2.38. The quantitative estimate of drug-likeness (QED) is 0.583. The molecule has 3 nitrogen and oxygen atoms in total. The van der Waals surface area contributed by atoms with Crippen molar-refractivity contribution in [2.75, 3.05) is 24.5 Å². The minimum absolute atomic E-state index is 0.0105. The second-order valence-electron chi connectivity index (χ2n) is 8.64. The molecule has 2 aliphatic heterocycles. The monoisotopic (exact) mass is 432 g/mol. The van der Waals surface area contributed by atoms with Gasteiger partial charge < -0.3 is 10.2 Å². The van der Waals surface area contributed by atoms with Gasteiger partial charge in [-0.05, 0) is 78.4 Å². The van der Waals surface area contributed by atoms with Gasteiger partial charge in [0.25, 0.3) is 5.91 Å². The summed E-state index contributed by atoms with van der Waals surface area (Å²) >= 11 is 0. The average molecular weight is 433 g/mol. The number of nitrogens with zero attached hydrogens (tertiary/aromatic N) is 1. The second-order valence-corrected chi connectivity index (χ2v) is 8.64. The summed E-state index contributed by atoms with van der Waals surface area (Å²) in [5.41, 5.74) is 5.69. The molecule has 0 saturated carbocycles. The molecule has 2 aliphatic rings. The van der Waals surface area contributed by atoms with Crippen molar-refractivity contribution >= 4 is 11.6 Å². The smallest absolute Gasteiger partial charge is 0.251 e. The Balaban J connectivity index is 1.70. The van der Waals surface area contributed by atoms with Crippen molar-refractivity contribution in [3.8, 4) is 0 Å². The van der Waals surface area contributed by atoms with Crippen LogP contribution in [0.25, 0.3) is 0 Å². The van der Waals surface area contributed by atoms with Crippen LogP contribution in [-0.4, -0.2) is 25.5 Å². The van der Waals surface area contributed by atoms with Crippen molar-refractivity contribution < 1.29 is 13.6 Å². The number of nitrogens with one attached hydrogen (secondary N) is 1. The minimum Gasteiger partial charge on any atom is -0.371 e. The van der Waals surface area contributed by atoms with Crippen LogP contribution in [0.1, 0.15) is 64.2 Å². The third-order valence-electron chi connectivity index (χ3n) is 6.71. The van der Waals surface area contributed by atoms with E-state index in [4.69, 9.17) is 0 Å². The van der Waals surface area contributed by atoms with Gasteiger partial charge in [0.1, 0.15) is 11.6 Å². The SMILES string of the molecule is CCNC(=O)c1cc2c3c(c1)C(c1cccc(F)c1)CCN3CCC2c1cccc(F)c1. The van der Waals surface area contributed by atoms with E-state index in [-0.39, 0.29) is 29.4 Å². The predicted octanol–water partition coefficient (Wildman–Crippen LogP) is 5.59. The number of amides is 1. The molecule has 3 aromatic rings. The number of carbonyl (C=O) groups is 1. The Morgan fingerprint density at radius 3 is 1.91 bits per heavy atom. The van der Waals surface area contributed by atoms with Crippen LogP contribution in [0.5, 0.6) is 0 Å². The topological polar surface area (TPSA) is 32.3 Å². The van der Waals surface area contributed by atoms with Gasteiger partial charge in [-0.25, -0.2) is 8.78 Å². The van der Waals surface area contributed by atoms with E-state index in [9.17, 15) is 13.6 Å². The van der Waals surface area contributed by atoms with Gasteiger partial charge in [-0.15, -0.1) is 0 Å². The van der Waals surface area contributed by atoms with Crippen LogP contribution in [0, 0.1) is 11.6 Å². The Kier molecular flexibility index (Phi) is 5.41. The van der Waals surface area contributed by atoms with Crippen molar-refractivity contribution in [3.63, 3.8) is 0 Å². The third-order valence-corrected chi connectivity index (χ3v) is 6.71. The molecule has 1 amide bonds. The summed E-state index contributed by atoms with van der Waals surface area (Å²) in [6.07, 6.45) is 1.72. The highest BCUT2D eigenvalue weighted by Crippen LogP contribution is 2.49. The van der Waals surface area contributed by atoms with Crippen LogP contribution in [0.3, 0.4) is 0 Å². The molecule has 0 bridgehead atoms. The standard InChI is InChI=1S/C27H26F2N2O/c1-2-30-27(32)19-15-24-22(17-5-3-7-20(28)13-17)9-11-31-12-10-23(25(16-19)26(24)31)18-6-4-8-21(29)14-18/h3-8,13-16,22-23H,2,9-12H2,1H3,(H,30,32). The highest BCUT2D eigenvalue weighted by Gasteiger charge is 2.35. The fourth-order valence-electron chi connectivity index (χ4n) is 5.33. The zero-order chi connectivity index (χ0) is 22.2. The van der Waals surface area contributed by atoms with Gasteiger partial charge in [0.15, 0.2) is 0 Å². The maximum Gasteiger partial charge on any atom is 0.251 e. The molecule has 0 aromatic heterocycles. The average Bonchev–Trinajstić information content (AvgIpc) is 2.79. The molecule has 0 aliphatic carbocycles. The van der Waals surface area contributed by atoms with Crippen molar-refractivity contribution in [2.45, 2.75) is 31.6 Å². The molecule has 2 unspecified atom stereocenters. The van der Waals surface area contributed by atoms with E-state index < -0.39 is 0 Å². The van der Waals surface area contributed by atoms with Gasteiger partial charge in [0.2, 0.25) is 0 Å². The first-order valence-corrected chi connectivity index (χ1v) is 11.3.